The number of hydrogen-bond acceptors (Lipinski definition) is 2. The van der Waals surface area contributed by atoms with Gasteiger partial charge in [-0.05, 0) is 56.7 Å². The van der Waals surface area contributed by atoms with Crippen LogP contribution in [-0.4, -0.2) is 20.9 Å². The van der Waals surface area contributed by atoms with Crippen LogP contribution >= 0.6 is 0 Å². The fraction of sp³-hybridized carbons (Fsp3) is 0.412. The number of rotatable bonds is 2. The van der Waals surface area contributed by atoms with Crippen LogP contribution < -0.4 is 0 Å². The second-order valence-corrected chi connectivity index (χ2v) is 5.77. The lowest BCUT2D eigenvalue weighted by Crippen LogP contribution is -2.06. The Morgan fingerprint density at radius 2 is 1.95 bits per heavy atom. The van der Waals surface area contributed by atoms with Crippen molar-refractivity contribution in [3.8, 4) is 5.69 Å². The van der Waals surface area contributed by atoms with E-state index >= 15 is 0 Å². The van der Waals surface area contributed by atoms with Crippen LogP contribution in [0.3, 0.4) is 0 Å². The molecule has 0 saturated carbocycles. The summed E-state index contributed by atoms with van der Waals surface area (Å²) in [6.07, 6.45) is 5.03. The SMILES string of the molecule is Cc1cccc(-n2nc(C(=O)O)c3c2CCCCC3)c1C. The third-order valence-corrected chi connectivity index (χ3v) is 4.44. The molecule has 3 rings (SSSR count). The highest BCUT2D eigenvalue weighted by atomic mass is 16.4. The number of benzene rings is 1. The highest BCUT2D eigenvalue weighted by Crippen LogP contribution is 2.28. The zero-order chi connectivity index (χ0) is 15.0. The van der Waals surface area contributed by atoms with E-state index in [4.69, 9.17) is 0 Å². The predicted octanol–water partition coefficient (Wildman–Crippen LogP) is 3.46. The van der Waals surface area contributed by atoms with Gasteiger partial charge in [0.15, 0.2) is 5.69 Å². The standard InChI is InChI=1S/C17H20N2O2/c1-11-7-6-10-14(12(11)2)19-15-9-5-3-4-8-13(15)16(18-19)17(20)21/h6-7,10H,3-5,8-9H2,1-2H3,(H,20,21). The smallest absolute Gasteiger partial charge is 0.356 e. The minimum Gasteiger partial charge on any atom is -0.476 e. The van der Waals surface area contributed by atoms with Crippen LogP contribution in [0.15, 0.2) is 18.2 Å². The molecule has 0 spiro atoms. The Balaban J connectivity index is 2.23. The van der Waals surface area contributed by atoms with Gasteiger partial charge in [-0.1, -0.05) is 18.6 Å². The van der Waals surface area contributed by atoms with Crippen LogP contribution in [0.5, 0.6) is 0 Å². The van der Waals surface area contributed by atoms with Crippen molar-refractivity contribution in [1.29, 1.82) is 0 Å². The van der Waals surface area contributed by atoms with Crippen molar-refractivity contribution in [3.05, 3.63) is 46.3 Å². The average molecular weight is 284 g/mol. The van der Waals surface area contributed by atoms with Gasteiger partial charge in [0.05, 0.1) is 5.69 Å². The Morgan fingerprint density at radius 1 is 1.19 bits per heavy atom. The number of carboxylic acid groups (broad SMARTS) is 1. The van der Waals surface area contributed by atoms with E-state index in [1.807, 2.05) is 16.8 Å². The Morgan fingerprint density at radius 3 is 2.71 bits per heavy atom. The lowest BCUT2D eigenvalue weighted by Gasteiger charge is -2.12. The second-order valence-electron chi connectivity index (χ2n) is 5.77. The summed E-state index contributed by atoms with van der Waals surface area (Å²) >= 11 is 0. The van der Waals surface area contributed by atoms with E-state index in [1.165, 1.54) is 5.56 Å². The van der Waals surface area contributed by atoms with Crippen LogP contribution in [0.2, 0.25) is 0 Å². The van der Waals surface area contributed by atoms with E-state index in [0.29, 0.717) is 0 Å². The van der Waals surface area contributed by atoms with Crippen LogP contribution in [0.1, 0.15) is 52.1 Å². The van der Waals surface area contributed by atoms with Gasteiger partial charge in [-0.2, -0.15) is 5.10 Å². The van der Waals surface area contributed by atoms with Gasteiger partial charge in [0.25, 0.3) is 0 Å². The van der Waals surface area contributed by atoms with Crippen molar-refractivity contribution in [1.82, 2.24) is 9.78 Å². The molecule has 1 aliphatic rings. The van der Waals surface area contributed by atoms with Crippen LogP contribution in [0.25, 0.3) is 5.69 Å². The molecule has 0 saturated heterocycles. The van der Waals surface area contributed by atoms with Crippen molar-refractivity contribution in [2.45, 2.75) is 46.0 Å². The van der Waals surface area contributed by atoms with E-state index in [1.54, 1.807) is 0 Å². The molecule has 1 N–H and O–H groups in total. The molecule has 21 heavy (non-hydrogen) atoms. The number of carboxylic acids is 1. The molecule has 0 aliphatic heterocycles. The molecule has 2 aromatic rings. The first-order chi connectivity index (χ1) is 10.1. The molecule has 1 heterocycles. The number of carbonyl (C=O) groups is 1. The first-order valence-electron chi connectivity index (χ1n) is 7.50. The molecule has 1 aromatic carbocycles. The maximum atomic E-state index is 11.5. The van der Waals surface area contributed by atoms with Crippen molar-refractivity contribution >= 4 is 5.97 Å². The van der Waals surface area contributed by atoms with Crippen molar-refractivity contribution in [2.24, 2.45) is 0 Å². The maximum absolute atomic E-state index is 11.5. The number of nitrogens with zero attached hydrogens (tertiary/aromatic N) is 2. The van der Waals surface area contributed by atoms with E-state index in [0.717, 1.165) is 54.6 Å². The number of hydrogen-bond donors (Lipinski definition) is 1. The Labute approximate surface area is 124 Å². The van der Waals surface area contributed by atoms with E-state index in [2.05, 4.69) is 25.0 Å². The summed E-state index contributed by atoms with van der Waals surface area (Å²) in [5.74, 6) is -0.919. The highest BCUT2D eigenvalue weighted by molar-refractivity contribution is 5.87. The Bertz CT molecular complexity index is 701. The summed E-state index contributed by atoms with van der Waals surface area (Å²) in [5, 5.41) is 13.9. The first-order valence-corrected chi connectivity index (χ1v) is 7.50. The van der Waals surface area contributed by atoms with Crippen molar-refractivity contribution in [2.75, 3.05) is 0 Å². The predicted molar refractivity (Wildman–Crippen MR) is 81.3 cm³/mol. The Hall–Kier alpha value is -2.10. The van der Waals surface area contributed by atoms with Gasteiger partial charge in [0.1, 0.15) is 0 Å². The van der Waals surface area contributed by atoms with Crippen molar-refractivity contribution in [3.63, 3.8) is 0 Å². The number of aryl methyl sites for hydroxylation is 1. The van der Waals surface area contributed by atoms with Crippen LogP contribution in [-0.2, 0) is 12.8 Å². The molecule has 0 atom stereocenters. The molecule has 0 radical (unpaired) electrons. The Kier molecular flexibility index (Phi) is 3.53. The summed E-state index contributed by atoms with van der Waals surface area (Å²) in [6.45, 7) is 4.13. The van der Waals surface area contributed by atoms with Gasteiger partial charge in [-0.15, -0.1) is 0 Å². The van der Waals surface area contributed by atoms with Gasteiger partial charge in [-0.3, -0.25) is 0 Å². The molecule has 0 amide bonds. The first kappa shape index (κ1) is 13.9. The third kappa shape index (κ3) is 2.35. The summed E-state index contributed by atoms with van der Waals surface area (Å²) in [5.41, 5.74) is 5.60. The molecular formula is C17H20N2O2. The fourth-order valence-corrected chi connectivity index (χ4v) is 3.11. The average Bonchev–Trinajstić information content (AvgIpc) is 2.65. The summed E-state index contributed by atoms with van der Waals surface area (Å²) in [4.78, 5) is 11.5. The van der Waals surface area contributed by atoms with Gasteiger partial charge in [-0.25, -0.2) is 9.48 Å². The van der Waals surface area contributed by atoms with E-state index < -0.39 is 5.97 Å². The highest BCUT2D eigenvalue weighted by Gasteiger charge is 2.24. The van der Waals surface area contributed by atoms with E-state index in [9.17, 15) is 9.90 Å². The van der Waals surface area contributed by atoms with E-state index in [-0.39, 0.29) is 5.69 Å². The molecule has 1 aliphatic carbocycles. The van der Waals surface area contributed by atoms with Gasteiger partial charge < -0.3 is 5.11 Å². The van der Waals surface area contributed by atoms with Crippen LogP contribution in [0, 0.1) is 13.8 Å². The summed E-state index contributed by atoms with van der Waals surface area (Å²) in [6, 6.07) is 6.09. The van der Waals surface area contributed by atoms with Crippen molar-refractivity contribution < 1.29 is 9.90 Å². The molecule has 110 valence electrons. The lowest BCUT2D eigenvalue weighted by molar-refractivity contribution is 0.0688. The fourth-order valence-electron chi connectivity index (χ4n) is 3.11. The van der Waals surface area contributed by atoms with Gasteiger partial charge in [0.2, 0.25) is 0 Å². The maximum Gasteiger partial charge on any atom is 0.356 e. The lowest BCUT2D eigenvalue weighted by atomic mass is 10.1. The second kappa shape index (κ2) is 5.35. The minimum atomic E-state index is -0.919. The summed E-state index contributed by atoms with van der Waals surface area (Å²) < 4.78 is 1.87. The molecule has 1 aromatic heterocycles. The minimum absolute atomic E-state index is 0.229. The zero-order valence-corrected chi connectivity index (χ0v) is 12.5. The molecule has 0 unspecified atom stereocenters. The topological polar surface area (TPSA) is 55.1 Å². The molecule has 4 nitrogen and oxygen atoms in total. The molecule has 0 bridgehead atoms. The monoisotopic (exact) mass is 284 g/mol. The quantitative estimate of drug-likeness (QED) is 0.859. The normalized spacial score (nSPS) is 14.6. The number of aromatic nitrogens is 2. The third-order valence-electron chi connectivity index (χ3n) is 4.44. The number of fused-ring (bicyclic) bond motifs is 1. The van der Waals surface area contributed by atoms with Gasteiger partial charge >= 0.3 is 5.97 Å². The summed E-state index contributed by atoms with van der Waals surface area (Å²) in [7, 11) is 0. The zero-order valence-electron chi connectivity index (χ0n) is 12.5. The molecule has 4 heteroatoms. The molecule has 0 fully saturated rings. The van der Waals surface area contributed by atoms with Crippen LogP contribution in [0.4, 0.5) is 0 Å². The largest absolute Gasteiger partial charge is 0.476 e. The molecular weight excluding hydrogens is 264 g/mol. The number of aromatic carboxylic acids is 1. The van der Waals surface area contributed by atoms with Gasteiger partial charge in [0, 0.05) is 11.3 Å².